The number of hydrogen-bond donors (Lipinski definition) is 1. The van der Waals surface area contributed by atoms with Crippen LogP contribution in [-0.2, 0) is 0 Å². The molecular weight excluding hydrogens is 328 g/mol. The van der Waals surface area contributed by atoms with E-state index in [0.29, 0.717) is 30.9 Å². The van der Waals surface area contributed by atoms with Gasteiger partial charge in [0.05, 0.1) is 11.3 Å². The molecule has 1 saturated heterocycles. The van der Waals surface area contributed by atoms with Crippen LogP contribution in [0.15, 0.2) is 60.9 Å². The van der Waals surface area contributed by atoms with E-state index in [0.717, 1.165) is 0 Å². The van der Waals surface area contributed by atoms with Gasteiger partial charge in [-0.05, 0) is 40.6 Å². The molecule has 4 rings (SSSR count). The number of nitrogens with zero attached hydrogens (tertiary/aromatic N) is 5. The van der Waals surface area contributed by atoms with Gasteiger partial charge in [0, 0.05) is 19.0 Å². The minimum absolute atomic E-state index is 0.0204. The highest BCUT2D eigenvalue weighted by Gasteiger charge is 2.36. The van der Waals surface area contributed by atoms with E-state index >= 15 is 0 Å². The van der Waals surface area contributed by atoms with Gasteiger partial charge in [-0.3, -0.25) is 4.79 Å². The molecule has 0 unspecified atom stereocenters. The van der Waals surface area contributed by atoms with Gasteiger partial charge in [-0.2, -0.15) is 4.68 Å². The van der Waals surface area contributed by atoms with E-state index in [9.17, 15) is 4.79 Å². The molecule has 7 nitrogen and oxygen atoms in total. The lowest BCUT2D eigenvalue weighted by Gasteiger charge is -2.18. The number of likely N-dealkylation sites (tertiary alicyclic amines) is 1. The van der Waals surface area contributed by atoms with Crippen molar-refractivity contribution in [2.24, 2.45) is 11.7 Å². The largest absolute Gasteiger partial charge is 0.338 e. The van der Waals surface area contributed by atoms with Gasteiger partial charge in [0.2, 0.25) is 0 Å². The summed E-state index contributed by atoms with van der Waals surface area (Å²) in [5.41, 5.74) is 8.49. The Balaban J connectivity index is 1.62. The minimum Gasteiger partial charge on any atom is -0.338 e. The van der Waals surface area contributed by atoms with E-state index in [1.54, 1.807) is 0 Å². The molecule has 1 aliphatic heterocycles. The molecule has 2 aromatic carbocycles. The topological polar surface area (TPSA) is 89.9 Å². The van der Waals surface area contributed by atoms with Crippen molar-refractivity contribution in [3.8, 4) is 5.69 Å². The number of carbonyl (C=O) groups excluding carboxylic acids is 1. The molecule has 132 valence electrons. The van der Waals surface area contributed by atoms with Crippen LogP contribution in [0, 0.1) is 5.92 Å². The number of tetrazole rings is 1. The first kappa shape index (κ1) is 16.4. The fraction of sp³-hybridized carbons (Fsp3) is 0.263. The summed E-state index contributed by atoms with van der Waals surface area (Å²) in [6.07, 6.45) is 1.49. The molecule has 0 radical (unpaired) electrons. The molecule has 1 aromatic heterocycles. The van der Waals surface area contributed by atoms with Gasteiger partial charge in [-0.15, -0.1) is 5.10 Å². The molecule has 0 bridgehead atoms. The van der Waals surface area contributed by atoms with Crippen molar-refractivity contribution in [1.82, 2.24) is 25.1 Å². The Bertz CT molecular complexity index is 880. The fourth-order valence-corrected chi connectivity index (χ4v) is 3.65. The molecule has 2 N–H and O–H groups in total. The molecular formula is C19H20N6O. The summed E-state index contributed by atoms with van der Waals surface area (Å²) in [7, 11) is 0. The lowest BCUT2D eigenvalue weighted by Crippen LogP contribution is -2.30. The molecule has 26 heavy (non-hydrogen) atoms. The summed E-state index contributed by atoms with van der Waals surface area (Å²) in [6, 6.07) is 17.6. The monoisotopic (exact) mass is 348 g/mol. The zero-order chi connectivity index (χ0) is 17.9. The number of amides is 1. The molecule has 1 fully saturated rings. The average molecular weight is 348 g/mol. The quantitative estimate of drug-likeness (QED) is 0.771. The molecule has 3 aromatic rings. The summed E-state index contributed by atoms with van der Waals surface area (Å²) in [4.78, 5) is 15.1. The number of nitrogens with two attached hydrogens (primary N) is 1. The van der Waals surface area contributed by atoms with Gasteiger partial charge in [-0.25, -0.2) is 0 Å². The van der Waals surface area contributed by atoms with E-state index in [4.69, 9.17) is 5.73 Å². The highest BCUT2D eigenvalue weighted by atomic mass is 16.2. The summed E-state index contributed by atoms with van der Waals surface area (Å²) >= 11 is 0. The van der Waals surface area contributed by atoms with Crippen LogP contribution in [0.4, 0.5) is 0 Å². The van der Waals surface area contributed by atoms with Gasteiger partial charge >= 0.3 is 0 Å². The Labute approximate surface area is 151 Å². The number of rotatable bonds is 4. The normalized spacial score (nSPS) is 19.7. The molecule has 7 heteroatoms. The average Bonchev–Trinajstić information content (AvgIpc) is 3.38. The second kappa shape index (κ2) is 7.05. The maximum Gasteiger partial charge on any atom is 0.256 e. The predicted octanol–water partition coefficient (Wildman–Crippen LogP) is 1.48. The molecule has 0 saturated carbocycles. The second-order valence-electron chi connectivity index (χ2n) is 6.49. The number of carbonyl (C=O) groups is 1. The Hall–Kier alpha value is -3.06. The predicted molar refractivity (Wildman–Crippen MR) is 96.8 cm³/mol. The maximum absolute atomic E-state index is 13.2. The first-order valence-electron chi connectivity index (χ1n) is 8.64. The number of para-hydroxylation sites is 1. The van der Waals surface area contributed by atoms with Crippen LogP contribution in [-0.4, -0.2) is 50.6 Å². The third-order valence-electron chi connectivity index (χ3n) is 4.99. The lowest BCUT2D eigenvalue weighted by molar-refractivity contribution is 0.0786. The summed E-state index contributed by atoms with van der Waals surface area (Å²) in [5, 5.41) is 11.2. The van der Waals surface area contributed by atoms with Gasteiger partial charge in [0.25, 0.3) is 5.91 Å². The van der Waals surface area contributed by atoms with Crippen LogP contribution >= 0.6 is 0 Å². The molecule has 0 aliphatic carbocycles. The van der Waals surface area contributed by atoms with Gasteiger partial charge in [0.15, 0.2) is 0 Å². The molecule has 2 atom stereocenters. The van der Waals surface area contributed by atoms with E-state index in [-0.39, 0.29) is 17.7 Å². The maximum atomic E-state index is 13.2. The van der Waals surface area contributed by atoms with Crippen molar-refractivity contribution in [3.05, 3.63) is 72.1 Å². The van der Waals surface area contributed by atoms with Crippen molar-refractivity contribution in [1.29, 1.82) is 0 Å². The van der Waals surface area contributed by atoms with Crippen LogP contribution in [0.2, 0.25) is 0 Å². The minimum atomic E-state index is -0.0204. The standard InChI is InChI=1S/C19H20N6O/c20-10-15-11-24(12-17(15)14-6-2-1-3-7-14)19(26)16-8-4-5-9-18(16)25-13-21-22-23-25/h1-9,13,15,17H,10-12,20H2/t15-,17+/m1/s1. The van der Waals surface area contributed by atoms with E-state index < -0.39 is 0 Å². The highest BCUT2D eigenvalue weighted by molar-refractivity contribution is 5.98. The van der Waals surface area contributed by atoms with Crippen molar-refractivity contribution >= 4 is 5.91 Å². The molecule has 1 amide bonds. The number of aromatic nitrogens is 4. The van der Waals surface area contributed by atoms with Crippen LogP contribution in [0.5, 0.6) is 0 Å². The zero-order valence-electron chi connectivity index (χ0n) is 14.3. The molecule has 1 aliphatic rings. The zero-order valence-corrected chi connectivity index (χ0v) is 14.3. The first-order valence-corrected chi connectivity index (χ1v) is 8.64. The third-order valence-corrected chi connectivity index (χ3v) is 4.99. The smallest absolute Gasteiger partial charge is 0.256 e. The van der Waals surface area contributed by atoms with Crippen molar-refractivity contribution in [3.63, 3.8) is 0 Å². The van der Waals surface area contributed by atoms with Crippen LogP contribution in [0.3, 0.4) is 0 Å². The van der Waals surface area contributed by atoms with Gasteiger partial charge < -0.3 is 10.6 Å². The molecule has 2 heterocycles. The van der Waals surface area contributed by atoms with Crippen LogP contribution in [0.1, 0.15) is 21.8 Å². The number of hydrogen-bond acceptors (Lipinski definition) is 5. The van der Waals surface area contributed by atoms with Crippen molar-refractivity contribution in [2.45, 2.75) is 5.92 Å². The van der Waals surface area contributed by atoms with Gasteiger partial charge in [-0.1, -0.05) is 42.5 Å². The van der Waals surface area contributed by atoms with Crippen molar-refractivity contribution in [2.75, 3.05) is 19.6 Å². The summed E-state index contributed by atoms with van der Waals surface area (Å²) in [6.45, 7) is 1.87. The van der Waals surface area contributed by atoms with Gasteiger partial charge in [0.1, 0.15) is 6.33 Å². The first-order chi connectivity index (χ1) is 12.8. The second-order valence-corrected chi connectivity index (χ2v) is 6.49. The fourth-order valence-electron chi connectivity index (χ4n) is 3.65. The Morgan fingerprint density at radius 2 is 1.85 bits per heavy atom. The number of benzene rings is 2. The van der Waals surface area contributed by atoms with E-state index in [1.165, 1.54) is 16.6 Å². The van der Waals surface area contributed by atoms with Crippen molar-refractivity contribution < 1.29 is 4.79 Å². The van der Waals surface area contributed by atoms with Crippen LogP contribution < -0.4 is 5.73 Å². The molecule has 0 spiro atoms. The SMILES string of the molecule is NC[C@@H]1CN(C(=O)c2ccccc2-n2cnnn2)C[C@H]1c1ccccc1. The van der Waals surface area contributed by atoms with Crippen LogP contribution in [0.25, 0.3) is 5.69 Å². The Kier molecular flexibility index (Phi) is 4.45. The Morgan fingerprint density at radius 3 is 2.58 bits per heavy atom. The lowest BCUT2D eigenvalue weighted by atomic mass is 9.89. The van der Waals surface area contributed by atoms with E-state index in [1.807, 2.05) is 47.4 Å². The third kappa shape index (κ3) is 2.97. The summed E-state index contributed by atoms with van der Waals surface area (Å²) < 4.78 is 1.51. The highest BCUT2D eigenvalue weighted by Crippen LogP contribution is 2.33. The van der Waals surface area contributed by atoms with E-state index in [2.05, 4.69) is 27.7 Å². The summed E-state index contributed by atoms with van der Waals surface area (Å²) in [5.74, 6) is 0.486. The Morgan fingerprint density at radius 1 is 1.08 bits per heavy atom.